The van der Waals surface area contributed by atoms with E-state index < -0.39 is 0 Å². The summed E-state index contributed by atoms with van der Waals surface area (Å²) in [7, 11) is 7.18. The first-order valence-electron chi connectivity index (χ1n) is 3.56. The van der Waals surface area contributed by atoms with Gasteiger partial charge in [-0.25, -0.2) is 0 Å². The van der Waals surface area contributed by atoms with Crippen LogP contribution in [0.25, 0.3) is 0 Å². The molecule has 0 spiro atoms. The van der Waals surface area contributed by atoms with E-state index in [0.29, 0.717) is 0 Å². The van der Waals surface area contributed by atoms with E-state index in [1.54, 1.807) is 7.11 Å². The summed E-state index contributed by atoms with van der Waals surface area (Å²) in [6.07, 6.45) is 3.07. The van der Waals surface area contributed by atoms with Crippen LogP contribution in [0.5, 0.6) is 0 Å². The van der Waals surface area contributed by atoms with Crippen molar-refractivity contribution >= 4 is 7.85 Å². The predicted octanol–water partition coefficient (Wildman–Crippen LogP) is 0.509. The topological polar surface area (TPSA) is 18.5 Å². The summed E-state index contributed by atoms with van der Waals surface area (Å²) in [5.41, 5.74) is 0. The number of ether oxygens (including phenoxy) is 2. The monoisotopic (exact) mass is 139 g/mol. The van der Waals surface area contributed by atoms with Crippen molar-refractivity contribution in [2.45, 2.75) is 31.6 Å². The molecule has 0 aromatic rings. The lowest BCUT2D eigenvalue weighted by Gasteiger charge is -2.13. The third-order valence-corrected chi connectivity index (χ3v) is 1.75. The third-order valence-electron chi connectivity index (χ3n) is 1.75. The van der Waals surface area contributed by atoms with Gasteiger partial charge in [0, 0.05) is 19.5 Å². The van der Waals surface area contributed by atoms with Gasteiger partial charge in [-0.05, 0) is 6.42 Å². The molecular formula is C7H12BO2. The first kappa shape index (κ1) is 8.09. The molecule has 0 N–H and O–H groups in total. The SMILES string of the molecule is [B][C@H]1[CH]C(OC)[C@@H](CC)O1. The third kappa shape index (κ3) is 1.52. The van der Waals surface area contributed by atoms with E-state index >= 15 is 0 Å². The van der Waals surface area contributed by atoms with Crippen molar-refractivity contribution in [2.24, 2.45) is 0 Å². The zero-order valence-corrected chi connectivity index (χ0v) is 6.41. The molecule has 3 heteroatoms. The van der Waals surface area contributed by atoms with E-state index in [0.717, 1.165) is 6.42 Å². The fraction of sp³-hybridized carbons (Fsp3) is 0.857. The van der Waals surface area contributed by atoms with Gasteiger partial charge in [-0.15, -0.1) is 0 Å². The van der Waals surface area contributed by atoms with Gasteiger partial charge in [0.05, 0.1) is 12.2 Å². The molecule has 55 valence electrons. The lowest BCUT2D eigenvalue weighted by atomic mass is 9.96. The van der Waals surface area contributed by atoms with Gasteiger partial charge in [-0.2, -0.15) is 0 Å². The minimum absolute atomic E-state index is 0.0833. The molecule has 1 aliphatic heterocycles. The van der Waals surface area contributed by atoms with Crippen molar-refractivity contribution in [3.05, 3.63) is 6.42 Å². The lowest BCUT2D eigenvalue weighted by Crippen LogP contribution is -2.22. The fourth-order valence-electron chi connectivity index (χ4n) is 1.19. The van der Waals surface area contributed by atoms with E-state index in [1.165, 1.54) is 0 Å². The Morgan fingerprint density at radius 3 is 2.80 bits per heavy atom. The van der Waals surface area contributed by atoms with Crippen LogP contribution in [0.4, 0.5) is 0 Å². The Bertz CT molecular complexity index is 95.8. The van der Waals surface area contributed by atoms with Crippen LogP contribution in [0.1, 0.15) is 13.3 Å². The normalized spacial score (nSPS) is 40.4. The number of methoxy groups -OCH3 is 1. The summed E-state index contributed by atoms with van der Waals surface area (Å²) in [5, 5.41) is 0. The minimum Gasteiger partial charge on any atom is -0.382 e. The zero-order valence-electron chi connectivity index (χ0n) is 6.41. The average molecular weight is 139 g/mol. The quantitative estimate of drug-likeness (QED) is 0.519. The van der Waals surface area contributed by atoms with E-state index in [1.807, 2.05) is 6.42 Å². The molecule has 3 radical (unpaired) electrons. The van der Waals surface area contributed by atoms with Crippen LogP contribution >= 0.6 is 0 Å². The molecule has 1 aliphatic rings. The Balaban J connectivity index is 2.41. The van der Waals surface area contributed by atoms with Crippen LogP contribution in [0.2, 0.25) is 0 Å². The summed E-state index contributed by atoms with van der Waals surface area (Å²) < 4.78 is 10.4. The molecule has 1 heterocycles. The summed E-state index contributed by atoms with van der Waals surface area (Å²) >= 11 is 0. The van der Waals surface area contributed by atoms with Crippen molar-refractivity contribution in [2.75, 3.05) is 7.11 Å². The second-order valence-corrected chi connectivity index (χ2v) is 2.44. The second-order valence-electron chi connectivity index (χ2n) is 2.44. The summed E-state index contributed by atoms with van der Waals surface area (Å²) in [5.74, 6) is 0. The Kier molecular flexibility index (Phi) is 2.75. The highest BCUT2D eigenvalue weighted by atomic mass is 16.6. The van der Waals surface area contributed by atoms with Crippen molar-refractivity contribution < 1.29 is 9.47 Å². The van der Waals surface area contributed by atoms with Crippen LogP contribution in [0.3, 0.4) is 0 Å². The fourth-order valence-corrected chi connectivity index (χ4v) is 1.19. The maximum Gasteiger partial charge on any atom is 0.109 e. The van der Waals surface area contributed by atoms with E-state index in [-0.39, 0.29) is 18.2 Å². The number of rotatable bonds is 2. The van der Waals surface area contributed by atoms with Crippen LogP contribution in [0, 0.1) is 6.42 Å². The van der Waals surface area contributed by atoms with Gasteiger partial charge in [-0.3, -0.25) is 0 Å². The van der Waals surface area contributed by atoms with Crippen molar-refractivity contribution in [1.29, 1.82) is 0 Å². The van der Waals surface area contributed by atoms with Gasteiger partial charge >= 0.3 is 0 Å². The van der Waals surface area contributed by atoms with Gasteiger partial charge in [-0.1, -0.05) is 6.92 Å². The molecule has 0 amide bonds. The number of hydrogen-bond donors (Lipinski definition) is 0. The molecule has 10 heavy (non-hydrogen) atoms. The molecule has 2 nitrogen and oxygen atoms in total. The summed E-state index contributed by atoms with van der Waals surface area (Å²) in [4.78, 5) is 0. The Morgan fingerprint density at radius 1 is 1.70 bits per heavy atom. The maximum atomic E-state index is 5.51. The smallest absolute Gasteiger partial charge is 0.109 e. The summed E-state index contributed by atoms with van der Waals surface area (Å²) in [6, 6.07) is -0.241. The van der Waals surface area contributed by atoms with Gasteiger partial charge in [0.2, 0.25) is 0 Å². The Labute approximate surface area is 63.3 Å². The largest absolute Gasteiger partial charge is 0.382 e. The van der Waals surface area contributed by atoms with Gasteiger partial charge < -0.3 is 9.47 Å². The molecule has 0 aliphatic carbocycles. The molecule has 1 fully saturated rings. The number of hydrogen-bond acceptors (Lipinski definition) is 2. The first-order chi connectivity index (χ1) is 4.77. The summed E-state index contributed by atoms with van der Waals surface area (Å²) in [6.45, 7) is 2.06. The van der Waals surface area contributed by atoms with Gasteiger partial charge in [0.1, 0.15) is 7.85 Å². The van der Waals surface area contributed by atoms with E-state index in [9.17, 15) is 0 Å². The lowest BCUT2D eigenvalue weighted by molar-refractivity contribution is 0.0103. The molecule has 0 saturated carbocycles. The van der Waals surface area contributed by atoms with Crippen molar-refractivity contribution in [3.63, 3.8) is 0 Å². The molecule has 1 unspecified atom stereocenters. The Hall–Kier alpha value is -0.0151. The van der Waals surface area contributed by atoms with Crippen LogP contribution < -0.4 is 0 Å². The van der Waals surface area contributed by atoms with Crippen LogP contribution in [0.15, 0.2) is 0 Å². The first-order valence-corrected chi connectivity index (χ1v) is 3.56. The Morgan fingerprint density at radius 2 is 2.40 bits per heavy atom. The average Bonchev–Trinajstić information content (AvgIpc) is 2.30. The molecule has 0 aromatic carbocycles. The van der Waals surface area contributed by atoms with Gasteiger partial charge in [0.15, 0.2) is 0 Å². The highest BCUT2D eigenvalue weighted by Crippen LogP contribution is 2.21. The molecule has 1 saturated heterocycles. The van der Waals surface area contributed by atoms with Crippen LogP contribution in [-0.4, -0.2) is 33.2 Å². The predicted molar refractivity (Wildman–Crippen MR) is 39.8 cm³/mol. The molecule has 0 bridgehead atoms. The van der Waals surface area contributed by atoms with Crippen molar-refractivity contribution in [3.8, 4) is 0 Å². The van der Waals surface area contributed by atoms with E-state index in [2.05, 4.69) is 6.92 Å². The standard InChI is InChI=1S/C7H12BO2/c1-3-5-6(9-2)4-7(8)10-5/h4-7H,3H2,1-2H3/t5-,6?,7-/m1/s1. The zero-order chi connectivity index (χ0) is 7.56. The maximum absolute atomic E-state index is 5.51. The minimum atomic E-state index is -0.241. The molecule has 0 aromatic heterocycles. The molecule has 1 rings (SSSR count). The highest BCUT2D eigenvalue weighted by Gasteiger charge is 2.31. The molecule has 3 atom stereocenters. The highest BCUT2D eigenvalue weighted by molar-refractivity contribution is 6.12. The van der Waals surface area contributed by atoms with Crippen LogP contribution in [-0.2, 0) is 9.47 Å². The van der Waals surface area contributed by atoms with E-state index in [4.69, 9.17) is 17.3 Å². The van der Waals surface area contributed by atoms with Gasteiger partial charge in [0.25, 0.3) is 0 Å². The van der Waals surface area contributed by atoms with Crippen molar-refractivity contribution in [1.82, 2.24) is 0 Å². The second kappa shape index (κ2) is 3.40. The molecular weight excluding hydrogens is 127 g/mol.